The van der Waals surface area contributed by atoms with Gasteiger partial charge in [-0.1, -0.05) is 43.2 Å². The molecular weight excluding hydrogens is 322 g/mol. The van der Waals surface area contributed by atoms with E-state index in [9.17, 15) is 4.79 Å². The van der Waals surface area contributed by atoms with Crippen molar-refractivity contribution < 1.29 is 4.79 Å². The van der Waals surface area contributed by atoms with Gasteiger partial charge in [-0.15, -0.1) is 10.2 Å². The van der Waals surface area contributed by atoms with Gasteiger partial charge in [0, 0.05) is 11.6 Å². The molecule has 1 aromatic heterocycles. The van der Waals surface area contributed by atoms with E-state index in [0.717, 1.165) is 29.9 Å². The average molecular weight is 345 g/mol. The number of thioether (sulfide) groups is 1. The lowest BCUT2D eigenvalue weighted by atomic mass is 9.89. The molecule has 1 saturated carbocycles. The molecule has 3 rings (SSSR count). The van der Waals surface area contributed by atoms with Gasteiger partial charge < -0.3 is 11.2 Å². The Labute approximate surface area is 146 Å². The number of aryl methyl sites for hydroxylation is 1. The Bertz CT molecular complexity index is 709. The van der Waals surface area contributed by atoms with Crippen LogP contribution in [0.2, 0.25) is 0 Å². The van der Waals surface area contributed by atoms with E-state index in [0.29, 0.717) is 11.1 Å². The lowest BCUT2D eigenvalue weighted by Gasteiger charge is -2.20. The molecule has 3 N–H and O–H groups in total. The molecular formula is C17H23N5OS. The lowest BCUT2D eigenvalue weighted by molar-refractivity contribution is -0.113. The van der Waals surface area contributed by atoms with Crippen LogP contribution in [0.15, 0.2) is 29.4 Å². The van der Waals surface area contributed by atoms with Crippen molar-refractivity contribution in [1.82, 2.24) is 14.9 Å². The predicted octanol–water partition coefficient (Wildman–Crippen LogP) is 3.08. The van der Waals surface area contributed by atoms with Crippen molar-refractivity contribution in [1.29, 1.82) is 0 Å². The minimum Gasteiger partial charge on any atom is -0.336 e. The van der Waals surface area contributed by atoms with E-state index in [1.54, 1.807) is 4.68 Å². The van der Waals surface area contributed by atoms with Gasteiger partial charge in [0.15, 0.2) is 5.82 Å². The molecule has 1 fully saturated rings. The van der Waals surface area contributed by atoms with Gasteiger partial charge in [-0.2, -0.15) is 0 Å². The minimum atomic E-state index is -0.0761. The van der Waals surface area contributed by atoms with E-state index in [4.69, 9.17) is 5.84 Å². The van der Waals surface area contributed by atoms with Crippen LogP contribution in [0.4, 0.5) is 5.69 Å². The number of carbonyl (C=O) groups excluding carboxylic acids is 1. The fourth-order valence-corrected chi connectivity index (χ4v) is 3.74. The number of nitrogen functional groups attached to an aromatic ring is 1. The molecule has 2 aromatic rings. The second-order valence-electron chi connectivity index (χ2n) is 6.25. The summed E-state index contributed by atoms with van der Waals surface area (Å²) < 4.78 is 1.56. The van der Waals surface area contributed by atoms with Crippen molar-refractivity contribution in [2.75, 3.05) is 16.9 Å². The van der Waals surface area contributed by atoms with Crippen molar-refractivity contribution in [3.63, 3.8) is 0 Å². The molecule has 1 aliphatic rings. The van der Waals surface area contributed by atoms with Gasteiger partial charge in [0.05, 0.1) is 5.75 Å². The third-order valence-corrected chi connectivity index (χ3v) is 5.24. The van der Waals surface area contributed by atoms with Crippen LogP contribution in [-0.2, 0) is 4.79 Å². The number of hydrogen-bond donors (Lipinski definition) is 2. The molecule has 0 atom stereocenters. The zero-order valence-corrected chi connectivity index (χ0v) is 14.7. The molecule has 0 radical (unpaired) electrons. The highest BCUT2D eigenvalue weighted by atomic mass is 32.2. The third-order valence-electron chi connectivity index (χ3n) is 4.30. The van der Waals surface area contributed by atoms with Gasteiger partial charge >= 0.3 is 0 Å². The molecule has 0 spiro atoms. The lowest BCUT2D eigenvalue weighted by Crippen LogP contribution is -2.19. The molecule has 1 aliphatic carbocycles. The van der Waals surface area contributed by atoms with Gasteiger partial charge in [0.2, 0.25) is 11.1 Å². The van der Waals surface area contributed by atoms with Crippen LogP contribution >= 0.6 is 11.8 Å². The Morgan fingerprint density at radius 1 is 1.33 bits per heavy atom. The fraction of sp³-hybridized carbons (Fsp3) is 0.471. The first-order chi connectivity index (χ1) is 11.6. The van der Waals surface area contributed by atoms with Crippen molar-refractivity contribution in [2.24, 2.45) is 0 Å². The van der Waals surface area contributed by atoms with E-state index in [1.807, 2.05) is 31.2 Å². The Morgan fingerprint density at radius 2 is 2.12 bits per heavy atom. The quantitative estimate of drug-likeness (QED) is 0.642. The third kappa shape index (κ3) is 4.08. The smallest absolute Gasteiger partial charge is 0.234 e. The zero-order chi connectivity index (χ0) is 16.9. The molecule has 0 bridgehead atoms. The molecule has 1 aromatic carbocycles. The number of anilines is 1. The van der Waals surface area contributed by atoms with Gasteiger partial charge in [-0.05, 0) is 37.5 Å². The first-order valence-electron chi connectivity index (χ1n) is 8.33. The van der Waals surface area contributed by atoms with Crippen molar-refractivity contribution >= 4 is 23.4 Å². The van der Waals surface area contributed by atoms with Crippen LogP contribution in [0.5, 0.6) is 0 Å². The van der Waals surface area contributed by atoms with Gasteiger partial charge in [-0.25, -0.2) is 4.68 Å². The number of aromatic nitrogens is 3. The molecule has 6 nitrogen and oxygen atoms in total. The summed E-state index contributed by atoms with van der Waals surface area (Å²) in [6, 6.07) is 7.73. The fourth-order valence-electron chi connectivity index (χ4n) is 3.08. The van der Waals surface area contributed by atoms with Crippen molar-refractivity contribution in [2.45, 2.75) is 50.1 Å². The van der Waals surface area contributed by atoms with Crippen LogP contribution in [0.25, 0.3) is 0 Å². The summed E-state index contributed by atoms with van der Waals surface area (Å²) >= 11 is 1.32. The average Bonchev–Trinajstić information content (AvgIpc) is 2.94. The van der Waals surface area contributed by atoms with Crippen molar-refractivity contribution in [3.8, 4) is 0 Å². The Kier molecular flexibility index (Phi) is 5.40. The molecule has 7 heteroatoms. The molecule has 0 unspecified atom stereocenters. The Balaban J connectivity index is 1.56. The zero-order valence-electron chi connectivity index (χ0n) is 13.9. The summed E-state index contributed by atoms with van der Waals surface area (Å²) in [5.74, 6) is 7.55. The van der Waals surface area contributed by atoms with E-state index < -0.39 is 0 Å². The topological polar surface area (TPSA) is 85.8 Å². The normalized spacial score (nSPS) is 15.4. The van der Waals surface area contributed by atoms with Crippen LogP contribution in [0, 0.1) is 6.92 Å². The summed E-state index contributed by atoms with van der Waals surface area (Å²) in [4.78, 5) is 12.1. The van der Waals surface area contributed by atoms with Gasteiger partial charge in [0.25, 0.3) is 0 Å². The standard InChI is InChI=1S/C17H23N5OS/c1-12-6-5-9-14(10-12)19-15(23)11-24-17-21-20-16(22(17)18)13-7-3-2-4-8-13/h5-6,9-10,13H,2-4,7-8,11,18H2,1H3,(H,19,23). The highest BCUT2D eigenvalue weighted by molar-refractivity contribution is 7.99. The summed E-state index contributed by atoms with van der Waals surface area (Å²) in [5, 5.41) is 11.9. The molecule has 0 aliphatic heterocycles. The maximum absolute atomic E-state index is 12.1. The predicted molar refractivity (Wildman–Crippen MR) is 96.5 cm³/mol. The van der Waals surface area contributed by atoms with E-state index >= 15 is 0 Å². The number of rotatable bonds is 5. The maximum Gasteiger partial charge on any atom is 0.234 e. The number of nitrogens with two attached hydrogens (primary N) is 1. The molecule has 1 amide bonds. The maximum atomic E-state index is 12.1. The molecule has 1 heterocycles. The van der Waals surface area contributed by atoms with Crippen LogP contribution in [-0.4, -0.2) is 26.5 Å². The SMILES string of the molecule is Cc1cccc(NC(=O)CSc2nnc(C3CCCCC3)n2N)c1. The minimum absolute atomic E-state index is 0.0761. The molecule has 24 heavy (non-hydrogen) atoms. The summed E-state index contributed by atoms with van der Waals surface area (Å²) in [5.41, 5.74) is 1.91. The van der Waals surface area contributed by atoms with E-state index in [-0.39, 0.29) is 11.7 Å². The van der Waals surface area contributed by atoms with Crippen LogP contribution < -0.4 is 11.2 Å². The number of nitrogens with zero attached hydrogens (tertiary/aromatic N) is 3. The summed E-state index contributed by atoms with van der Waals surface area (Å²) in [7, 11) is 0. The second-order valence-corrected chi connectivity index (χ2v) is 7.19. The Morgan fingerprint density at radius 3 is 2.88 bits per heavy atom. The summed E-state index contributed by atoms with van der Waals surface area (Å²) in [6.07, 6.45) is 5.97. The monoisotopic (exact) mass is 345 g/mol. The van der Waals surface area contributed by atoms with Crippen LogP contribution in [0.1, 0.15) is 49.4 Å². The van der Waals surface area contributed by atoms with Crippen LogP contribution in [0.3, 0.4) is 0 Å². The number of amides is 1. The van der Waals surface area contributed by atoms with Crippen molar-refractivity contribution in [3.05, 3.63) is 35.7 Å². The number of carbonyl (C=O) groups is 1. The number of hydrogen-bond acceptors (Lipinski definition) is 5. The van der Waals surface area contributed by atoms with E-state index in [2.05, 4.69) is 15.5 Å². The van der Waals surface area contributed by atoms with Gasteiger partial charge in [-0.3, -0.25) is 4.79 Å². The number of nitrogens with one attached hydrogen (secondary N) is 1. The number of benzene rings is 1. The summed E-state index contributed by atoms with van der Waals surface area (Å²) in [6.45, 7) is 1.99. The highest BCUT2D eigenvalue weighted by Crippen LogP contribution is 2.32. The first-order valence-corrected chi connectivity index (χ1v) is 9.32. The highest BCUT2D eigenvalue weighted by Gasteiger charge is 2.22. The largest absolute Gasteiger partial charge is 0.336 e. The molecule has 128 valence electrons. The molecule has 0 saturated heterocycles. The Hall–Kier alpha value is -2.02. The first kappa shape index (κ1) is 16.8. The second kappa shape index (κ2) is 7.70. The van der Waals surface area contributed by atoms with Gasteiger partial charge in [0.1, 0.15) is 0 Å². The van der Waals surface area contributed by atoms with E-state index in [1.165, 1.54) is 31.0 Å².